The van der Waals surface area contributed by atoms with Crippen LogP contribution in [0.25, 0.3) is 0 Å². The van der Waals surface area contributed by atoms with E-state index in [0.29, 0.717) is 0 Å². The molecule has 132 valence electrons. The summed E-state index contributed by atoms with van der Waals surface area (Å²) in [5.41, 5.74) is 2.46. The fraction of sp³-hybridized carbons (Fsp3) is 0.571. The summed E-state index contributed by atoms with van der Waals surface area (Å²) in [7, 11) is 0. The van der Waals surface area contributed by atoms with Gasteiger partial charge in [-0.1, -0.05) is 75.8 Å². The lowest BCUT2D eigenvalue weighted by atomic mass is 10.1. The number of rotatable bonds is 11. The Bertz CT molecular complexity index is 589. The standard InChI is InChI=1S/C21H32ClN2/c1-3-4-5-6-7-8-9-13-16-23-18-24(19(2)21(23)22)17-20-14-11-10-12-15-20/h10-12,14-15,18H,3-9,13,16-17H2,1-2H3/q+1. The van der Waals surface area contributed by atoms with E-state index in [1.54, 1.807) is 0 Å². The molecular weight excluding hydrogens is 316 g/mol. The quantitative estimate of drug-likeness (QED) is 0.352. The van der Waals surface area contributed by atoms with Crippen molar-refractivity contribution in [2.45, 2.75) is 78.3 Å². The summed E-state index contributed by atoms with van der Waals surface area (Å²) in [4.78, 5) is 0. The largest absolute Gasteiger partial charge is 0.245 e. The van der Waals surface area contributed by atoms with Crippen LogP contribution in [0.3, 0.4) is 0 Å². The van der Waals surface area contributed by atoms with Gasteiger partial charge in [0.1, 0.15) is 6.54 Å². The van der Waals surface area contributed by atoms with E-state index in [1.165, 1.54) is 56.9 Å². The van der Waals surface area contributed by atoms with Crippen LogP contribution in [-0.2, 0) is 13.1 Å². The van der Waals surface area contributed by atoms with Crippen LogP contribution in [0.4, 0.5) is 0 Å². The van der Waals surface area contributed by atoms with Crippen molar-refractivity contribution in [2.75, 3.05) is 0 Å². The Morgan fingerprint density at radius 1 is 0.917 bits per heavy atom. The molecule has 0 radical (unpaired) electrons. The highest BCUT2D eigenvalue weighted by Crippen LogP contribution is 2.14. The molecule has 0 aliphatic rings. The number of nitrogens with zero attached hydrogens (tertiary/aromatic N) is 2. The predicted octanol–water partition coefficient (Wildman–Crippen LogP) is 5.93. The van der Waals surface area contributed by atoms with Crippen LogP contribution in [0.1, 0.15) is 69.5 Å². The molecule has 0 atom stereocenters. The number of unbranched alkanes of at least 4 members (excludes halogenated alkanes) is 7. The third-order valence-electron chi connectivity index (χ3n) is 4.71. The molecule has 0 saturated heterocycles. The van der Waals surface area contributed by atoms with Gasteiger partial charge in [0, 0.05) is 6.92 Å². The lowest BCUT2D eigenvalue weighted by Crippen LogP contribution is -2.32. The molecule has 0 fully saturated rings. The van der Waals surface area contributed by atoms with Crippen molar-refractivity contribution in [1.82, 2.24) is 4.57 Å². The number of hydrogen-bond donors (Lipinski definition) is 0. The lowest BCUT2D eigenvalue weighted by molar-refractivity contribution is -0.694. The molecule has 0 bridgehead atoms. The summed E-state index contributed by atoms with van der Waals surface area (Å²) in [5.74, 6) is 0. The molecule has 1 heterocycles. The van der Waals surface area contributed by atoms with E-state index in [-0.39, 0.29) is 0 Å². The minimum Gasteiger partial charge on any atom is -0.229 e. The first kappa shape index (κ1) is 19.1. The highest BCUT2D eigenvalue weighted by atomic mass is 35.5. The smallest absolute Gasteiger partial charge is 0.229 e. The van der Waals surface area contributed by atoms with Gasteiger partial charge in [0.2, 0.25) is 11.5 Å². The first-order valence-electron chi connectivity index (χ1n) is 9.51. The number of aryl methyl sites for hydroxylation is 1. The van der Waals surface area contributed by atoms with Crippen molar-refractivity contribution in [1.29, 1.82) is 0 Å². The Morgan fingerprint density at radius 2 is 1.54 bits per heavy atom. The molecule has 0 saturated carbocycles. The van der Waals surface area contributed by atoms with Crippen LogP contribution in [0.5, 0.6) is 0 Å². The second kappa shape index (κ2) is 10.6. The predicted molar refractivity (Wildman–Crippen MR) is 103 cm³/mol. The number of benzene rings is 1. The van der Waals surface area contributed by atoms with Crippen LogP contribution in [0.15, 0.2) is 36.7 Å². The number of hydrogen-bond acceptors (Lipinski definition) is 0. The molecule has 1 aromatic heterocycles. The average Bonchev–Trinajstić information content (AvgIpc) is 2.86. The Labute approximate surface area is 152 Å². The Kier molecular flexibility index (Phi) is 8.38. The molecular formula is C21H32ClN2+. The maximum atomic E-state index is 6.52. The van der Waals surface area contributed by atoms with E-state index < -0.39 is 0 Å². The second-order valence-corrected chi connectivity index (χ2v) is 7.13. The van der Waals surface area contributed by atoms with Gasteiger partial charge >= 0.3 is 0 Å². The van der Waals surface area contributed by atoms with Gasteiger partial charge in [-0.15, -0.1) is 0 Å². The van der Waals surface area contributed by atoms with E-state index in [9.17, 15) is 0 Å². The maximum Gasteiger partial charge on any atom is 0.245 e. The SMILES string of the molecule is CCCCCCCCCC[n+]1cn(Cc2ccccc2)c(C)c1Cl. The van der Waals surface area contributed by atoms with E-state index in [1.807, 2.05) is 0 Å². The molecule has 0 amide bonds. The minimum absolute atomic E-state index is 0.883. The summed E-state index contributed by atoms with van der Waals surface area (Å²) >= 11 is 6.52. The van der Waals surface area contributed by atoms with E-state index >= 15 is 0 Å². The number of imidazole rings is 1. The summed E-state index contributed by atoms with van der Waals surface area (Å²) in [6.45, 7) is 6.29. The van der Waals surface area contributed by atoms with Crippen molar-refractivity contribution in [3.63, 3.8) is 0 Å². The van der Waals surface area contributed by atoms with Crippen LogP contribution < -0.4 is 4.57 Å². The monoisotopic (exact) mass is 347 g/mol. The molecule has 1 aromatic carbocycles. The normalized spacial score (nSPS) is 11.1. The molecule has 2 nitrogen and oxygen atoms in total. The summed E-state index contributed by atoms with van der Waals surface area (Å²) in [5, 5.41) is 0.883. The summed E-state index contributed by atoms with van der Waals surface area (Å²) in [6.07, 6.45) is 12.9. The molecule has 0 aliphatic carbocycles. The maximum absolute atomic E-state index is 6.52. The average molecular weight is 348 g/mol. The molecule has 0 unspecified atom stereocenters. The van der Waals surface area contributed by atoms with Gasteiger partial charge in [-0.3, -0.25) is 0 Å². The van der Waals surface area contributed by atoms with Gasteiger partial charge in [-0.25, -0.2) is 9.13 Å². The molecule has 0 N–H and O–H groups in total. The fourth-order valence-corrected chi connectivity index (χ4v) is 3.38. The first-order valence-corrected chi connectivity index (χ1v) is 9.88. The topological polar surface area (TPSA) is 8.81 Å². The highest BCUT2D eigenvalue weighted by Gasteiger charge is 2.17. The molecule has 3 heteroatoms. The number of aromatic nitrogens is 2. The summed E-state index contributed by atoms with van der Waals surface area (Å²) in [6, 6.07) is 10.6. The second-order valence-electron chi connectivity index (χ2n) is 6.77. The zero-order valence-electron chi connectivity index (χ0n) is 15.3. The first-order chi connectivity index (χ1) is 11.7. The molecule has 0 spiro atoms. The third kappa shape index (κ3) is 5.98. The van der Waals surface area contributed by atoms with Crippen molar-refractivity contribution in [3.8, 4) is 0 Å². The number of halogens is 1. The van der Waals surface area contributed by atoms with Gasteiger partial charge in [0.05, 0.1) is 6.54 Å². The van der Waals surface area contributed by atoms with Gasteiger partial charge in [0.15, 0.2) is 5.69 Å². The molecule has 24 heavy (non-hydrogen) atoms. The molecule has 0 aliphatic heterocycles. The lowest BCUT2D eigenvalue weighted by Gasteiger charge is -2.01. The van der Waals surface area contributed by atoms with Crippen LogP contribution >= 0.6 is 11.6 Å². The van der Waals surface area contributed by atoms with Crippen molar-refractivity contribution in [2.24, 2.45) is 0 Å². The van der Waals surface area contributed by atoms with Crippen molar-refractivity contribution >= 4 is 11.6 Å². The fourth-order valence-electron chi connectivity index (χ4n) is 3.14. The van der Waals surface area contributed by atoms with Crippen LogP contribution in [0, 0.1) is 6.92 Å². The van der Waals surface area contributed by atoms with Crippen molar-refractivity contribution < 1.29 is 4.57 Å². The van der Waals surface area contributed by atoms with E-state index in [4.69, 9.17) is 11.6 Å². The zero-order chi connectivity index (χ0) is 17.2. The van der Waals surface area contributed by atoms with Crippen LogP contribution in [0.2, 0.25) is 5.15 Å². The minimum atomic E-state index is 0.883. The van der Waals surface area contributed by atoms with Gasteiger partial charge in [-0.2, -0.15) is 0 Å². The molecule has 2 aromatic rings. The Morgan fingerprint density at radius 3 is 2.21 bits per heavy atom. The zero-order valence-corrected chi connectivity index (χ0v) is 16.1. The highest BCUT2D eigenvalue weighted by molar-refractivity contribution is 6.29. The summed E-state index contributed by atoms with van der Waals surface area (Å²) < 4.78 is 4.46. The Hall–Kier alpha value is -1.28. The molecule has 2 rings (SSSR count). The van der Waals surface area contributed by atoms with E-state index in [0.717, 1.165) is 23.9 Å². The van der Waals surface area contributed by atoms with Crippen molar-refractivity contribution in [3.05, 3.63) is 53.1 Å². The van der Waals surface area contributed by atoms with Gasteiger partial charge in [-0.05, 0) is 30.0 Å². The Balaban J connectivity index is 1.76. The third-order valence-corrected chi connectivity index (χ3v) is 5.20. The van der Waals surface area contributed by atoms with Gasteiger partial charge in [0.25, 0.3) is 0 Å². The van der Waals surface area contributed by atoms with E-state index in [2.05, 4.69) is 59.6 Å². The van der Waals surface area contributed by atoms with Gasteiger partial charge < -0.3 is 0 Å². The van der Waals surface area contributed by atoms with Crippen LogP contribution in [-0.4, -0.2) is 4.57 Å².